The second-order valence-corrected chi connectivity index (χ2v) is 8.98. The molecule has 0 spiro atoms. The van der Waals surface area contributed by atoms with Crippen LogP contribution in [0.25, 0.3) is 0 Å². The molecule has 1 heterocycles. The van der Waals surface area contributed by atoms with Gasteiger partial charge in [-0.25, -0.2) is 0 Å². The fraction of sp³-hybridized carbons (Fsp3) is 0.250. The number of anilines is 2. The van der Waals surface area contributed by atoms with E-state index in [-0.39, 0.29) is 16.9 Å². The molecule has 0 unspecified atom stereocenters. The van der Waals surface area contributed by atoms with Crippen LogP contribution in [-0.4, -0.2) is 69.3 Å². The molecule has 0 aromatic heterocycles. The Labute approximate surface area is 227 Å². The highest BCUT2D eigenvalue weighted by molar-refractivity contribution is 7.80. The number of ether oxygens (including phenoxy) is 3. The summed E-state index contributed by atoms with van der Waals surface area (Å²) in [6.07, 6.45) is 0. The second kappa shape index (κ2) is 12.3. The van der Waals surface area contributed by atoms with Gasteiger partial charge in [0.05, 0.1) is 21.3 Å². The molecule has 1 saturated heterocycles. The Bertz CT molecular complexity index is 1280. The van der Waals surface area contributed by atoms with E-state index >= 15 is 0 Å². The van der Waals surface area contributed by atoms with Crippen molar-refractivity contribution in [3.8, 4) is 17.2 Å². The number of thiocarbonyl (C=S) groups is 1. The zero-order valence-corrected chi connectivity index (χ0v) is 22.3. The first-order valence-corrected chi connectivity index (χ1v) is 12.4. The number of rotatable bonds is 7. The molecule has 0 bridgehead atoms. The Hall–Kier alpha value is -4.31. The minimum absolute atomic E-state index is 0.0501. The minimum Gasteiger partial charge on any atom is -0.497 e. The molecule has 2 amide bonds. The molecule has 3 aromatic rings. The first-order valence-electron chi connectivity index (χ1n) is 12.0. The van der Waals surface area contributed by atoms with Crippen LogP contribution in [0, 0.1) is 0 Å². The average molecular weight is 535 g/mol. The van der Waals surface area contributed by atoms with Crippen LogP contribution in [0.3, 0.4) is 0 Å². The van der Waals surface area contributed by atoms with Crippen molar-refractivity contribution in [3.63, 3.8) is 0 Å². The van der Waals surface area contributed by atoms with Gasteiger partial charge in [0.2, 0.25) is 0 Å². The first kappa shape index (κ1) is 26.7. The van der Waals surface area contributed by atoms with E-state index in [1.54, 1.807) is 63.8 Å². The summed E-state index contributed by atoms with van der Waals surface area (Å²) in [5.74, 6) is 1.39. The van der Waals surface area contributed by atoms with E-state index in [9.17, 15) is 9.59 Å². The number of nitrogens with zero attached hydrogens (tertiary/aromatic N) is 2. The van der Waals surface area contributed by atoms with Crippen LogP contribution in [0.4, 0.5) is 11.4 Å². The lowest BCUT2D eigenvalue weighted by Gasteiger charge is -2.36. The normalized spacial score (nSPS) is 12.9. The lowest BCUT2D eigenvalue weighted by atomic mass is 10.1. The van der Waals surface area contributed by atoms with Crippen molar-refractivity contribution in [2.24, 2.45) is 0 Å². The Morgan fingerprint density at radius 1 is 0.763 bits per heavy atom. The topological polar surface area (TPSA) is 92.4 Å². The summed E-state index contributed by atoms with van der Waals surface area (Å²) in [4.78, 5) is 29.6. The number of amides is 2. The van der Waals surface area contributed by atoms with E-state index in [4.69, 9.17) is 26.4 Å². The summed E-state index contributed by atoms with van der Waals surface area (Å²) in [6.45, 7) is 2.60. The quantitative estimate of drug-likeness (QED) is 0.443. The summed E-state index contributed by atoms with van der Waals surface area (Å²) in [7, 11) is 4.68. The lowest BCUT2D eigenvalue weighted by molar-refractivity contribution is 0.0745. The first-order chi connectivity index (χ1) is 18.4. The maximum Gasteiger partial charge on any atom is 0.257 e. The lowest BCUT2D eigenvalue weighted by Crippen LogP contribution is -2.48. The van der Waals surface area contributed by atoms with Crippen molar-refractivity contribution < 1.29 is 23.8 Å². The fourth-order valence-corrected chi connectivity index (χ4v) is 4.35. The number of piperazine rings is 1. The molecule has 38 heavy (non-hydrogen) atoms. The van der Waals surface area contributed by atoms with E-state index < -0.39 is 0 Å². The molecule has 0 atom stereocenters. The summed E-state index contributed by atoms with van der Waals surface area (Å²) in [5, 5.41) is 5.92. The van der Waals surface area contributed by atoms with Gasteiger partial charge in [-0.2, -0.15) is 0 Å². The van der Waals surface area contributed by atoms with Gasteiger partial charge in [0.1, 0.15) is 17.2 Å². The zero-order valence-electron chi connectivity index (χ0n) is 21.5. The van der Waals surface area contributed by atoms with E-state index in [1.807, 2.05) is 29.2 Å². The van der Waals surface area contributed by atoms with Crippen molar-refractivity contribution in [2.45, 2.75) is 0 Å². The molecule has 198 valence electrons. The molecule has 1 aliphatic heterocycles. The molecule has 0 radical (unpaired) electrons. The average Bonchev–Trinajstić information content (AvgIpc) is 2.96. The highest BCUT2D eigenvalue weighted by atomic mass is 32.1. The van der Waals surface area contributed by atoms with Gasteiger partial charge in [-0.3, -0.25) is 14.9 Å². The number of carbonyl (C=O) groups is 2. The molecule has 4 rings (SSSR count). The van der Waals surface area contributed by atoms with Gasteiger partial charge in [-0.1, -0.05) is 6.07 Å². The van der Waals surface area contributed by atoms with Gasteiger partial charge in [-0.05, 0) is 66.8 Å². The number of nitrogens with one attached hydrogen (secondary N) is 2. The number of benzene rings is 3. The van der Waals surface area contributed by atoms with Gasteiger partial charge in [0, 0.05) is 54.7 Å². The highest BCUT2D eigenvalue weighted by Crippen LogP contribution is 2.25. The van der Waals surface area contributed by atoms with Crippen molar-refractivity contribution in [2.75, 3.05) is 57.7 Å². The highest BCUT2D eigenvalue weighted by Gasteiger charge is 2.23. The van der Waals surface area contributed by atoms with Crippen molar-refractivity contribution >= 4 is 40.5 Å². The van der Waals surface area contributed by atoms with E-state index in [2.05, 4.69) is 15.5 Å². The molecular weight excluding hydrogens is 504 g/mol. The summed E-state index contributed by atoms with van der Waals surface area (Å²) in [6, 6.07) is 19.8. The maximum absolute atomic E-state index is 13.1. The van der Waals surface area contributed by atoms with Crippen molar-refractivity contribution in [1.29, 1.82) is 0 Å². The Morgan fingerprint density at radius 3 is 1.97 bits per heavy atom. The fourth-order valence-electron chi connectivity index (χ4n) is 4.14. The maximum atomic E-state index is 13.1. The Morgan fingerprint density at radius 2 is 1.37 bits per heavy atom. The summed E-state index contributed by atoms with van der Waals surface area (Å²) < 4.78 is 15.7. The van der Waals surface area contributed by atoms with Crippen LogP contribution in [-0.2, 0) is 0 Å². The largest absolute Gasteiger partial charge is 0.497 e. The second-order valence-electron chi connectivity index (χ2n) is 8.57. The molecule has 1 aliphatic rings. The number of hydrogen-bond donors (Lipinski definition) is 2. The SMILES string of the molecule is COc1cccc(C(=O)NC(=S)Nc2ccc(N3CCN(C(=O)c4cc(OC)cc(OC)c4)CC3)cc2)c1. The third kappa shape index (κ3) is 6.51. The Kier molecular flexibility index (Phi) is 8.65. The van der Waals surface area contributed by atoms with Gasteiger partial charge < -0.3 is 29.3 Å². The van der Waals surface area contributed by atoms with Crippen LogP contribution in [0.15, 0.2) is 66.7 Å². The molecule has 0 aliphatic carbocycles. The molecule has 10 heteroatoms. The molecule has 1 fully saturated rings. The molecule has 2 N–H and O–H groups in total. The smallest absolute Gasteiger partial charge is 0.257 e. The standard InChI is InChI=1S/C28H30N4O5S/c1-35-23-6-4-5-19(15-23)26(33)30-28(38)29-21-7-9-22(10-8-21)31-11-13-32(14-12-31)27(34)20-16-24(36-2)18-25(17-20)37-3/h4-10,15-18H,11-14H2,1-3H3,(H2,29,30,33,38). The molecule has 9 nitrogen and oxygen atoms in total. The van der Waals surface area contributed by atoms with Gasteiger partial charge >= 0.3 is 0 Å². The van der Waals surface area contributed by atoms with Crippen LogP contribution in [0.2, 0.25) is 0 Å². The van der Waals surface area contributed by atoms with Gasteiger partial charge in [-0.15, -0.1) is 0 Å². The molecule has 0 saturated carbocycles. The number of methoxy groups -OCH3 is 3. The van der Waals surface area contributed by atoms with Crippen LogP contribution < -0.4 is 29.7 Å². The van der Waals surface area contributed by atoms with E-state index in [0.29, 0.717) is 54.6 Å². The Balaban J connectivity index is 1.30. The molecule has 3 aromatic carbocycles. The number of carbonyl (C=O) groups excluding carboxylic acids is 2. The summed E-state index contributed by atoms with van der Waals surface area (Å²) >= 11 is 5.30. The van der Waals surface area contributed by atoms with Crippen LogP contribution in [0.5, 0.6) is 17.2 Å². The number of hydrogen-bond acceptors (Lipinski definition) is 7. The minimum atomic E-state index is -0.321. The predicted molar refractivity (Wildman–Crippen MR) is 151 cm³/mol. The van der Waals surface area contributed by atoms with Gasteiger partial charge in [0.25, 0.3) is 11.8 Å². The monoisotopic (exact) mass is 534 g/mol. The van der Waals surface area contributed by atoms with Crippen LogP contribution >= 0.6 is 12.2 Å². The van der Waals surface area contributed by atoms with E-state index in [1.165, 1.54) is 0 Å². The zero-order chi connectivity index (χ0) is 27.1. The van der Waals surface area contributed by atoms with Crippen molar-refractivity contribution in [1.82, 2.24) is 10.2 Å². The van der Waals surface area contributed by atoms with E-state index in [0.717, 1.165) is 11.4 Å². The predicted octanol–water partition coefficient (Wildman–Crippen LogP) is 3.80. The molecular formula is C28H30N4O5S. The van der Waals surface area contributed by atoms with Crippen molar-refractivity contribution in [3.05, 3.63) is 77.9 Å². The summed E-state index contributed by atoms with van der Waals surface area (Å²) in [5.41, 5.74) is 2.79. The van der Waals surface area contributed by atoms with Crippen LogP contribution in [0.1, 0.15) is 20.7 Å². The third-order valence-electron chi connectivity index (χ3n) is 6.21. The van der Waals surface area contributed by atoms with Gasteiger partial charge in [0.15, 0.2) is 5.11 Å². The third-order valence-corrected chi connectivity index (χ3v) is 6.42.